The first-order valence-corrected chi connectivity index (χ1v) is 38.0. The number of fused-ring (bicyclic) bond motifs is 15. The molecule has 4 aliphatic heterocycles. The monoisotopic (exact) mass is 1610 g/mol. The smallest absolute Gasteiger partial charge is 0.358 e. The lowest BCUT2D eigenvalue weighted by Crippen LogP contribution is -2.62. The number of thiazole rings is 5. The number of amides is 8. The number of nitrogens with zero attached hydrogens (tertiary/aromatic N) is 10. The van der Waals surface area contributed by atoms with Crippen LogP contribution in [0.5, 0.6) is 5.75 Å². The summed E-state index contributed by atoms with van der Waals surface area (Å²) in [5, 5.41) is 43.9. The molecule has 12 rings (SSSR count). The number of esters is 2. The molecule has 8 aromatic rings. The molecule has 1 fully saturated rings. The predicted octanol–water partition coefficient (Wildman–Crippen LogP) is 2.93. The van der Waals surface area contributed by atoms with E-state index in [-0.39, 0.29) is 116 Å². The molecule has 4 aliphatic rings. The molecular formula is C69H74N16O20S5. The molecule has 8 amide bonds. The van der Waals surface area contributed by atoms with E-state index in [0.29, 0.717) is 5.56 Å². The number of benzene rings is 1. The molecule has 110 heavy (non-hydrogen) atoms. The van der Waals surface area contributed by atoms with Gasteiger partial charge in [-0.3, -0.25) is 38.4 Å². The van der Waals surface area contributed by atoms with Crippen LogP contribution in [0.3, 0.4) is 0 Å². The van der Waals surface area contributed by atoms with Gasteiger partial charge in [-0.2, -0.15) is 4.73 Å². The van der Waals surface area contributed by atoms with Crippen LogP contribution in [-0.4, -0.2) is 236 Å². The van der Waals surface area contributed by atoms with Gasteiger partial charge in [0.15, 0.2) is 31.3 Å². The molecule has 580 valence electrons. The third-order valence-electron chi connectivity index (χ3n) is 18.0. The fraction of sp³-hybridized carbons (Fsp3) is 0.391. The number of primary amides is 1. The summed E-state index contributed by atoms with van der Waals surface area (Å²) < 4.78 is 45.7. The van der Waals surface area contributed by atoms with Crippen molar-refractivity contribution in [2.75, 3.05) is 69.2 Å². The summed E-state index contributed by atoms with van der Waals surface area (Å²) in [6.45, 7) is 6.41. The van der Waals surface area contributed by atoms with Gasteiger partial charge in [-0.25, -0.2) is 39.5 Å². The van der Waals surface area contributed by atoms with Gasteiger partial charge in [-0.05, 0) is 59.5 Å². The van der Waals surface area contributed by atoms with Crippen LogP contribution in [0.1, 0.15) is 125 Å². The number of pyridine rings is 1. The lowest BCUT2D eigenvalue weighted by molar-refractivity contribution is -0.280. The number of aromatic nitrogens is 7. The topological polar surface area (TPSA) is 463 Å². The van der Waals surface area contributed by atoms with Crippen molar-refractivity contribution >= 4 is 132 Å². The van der Waals surface area contributed by atoms with Crippen LogP contribution in [-0.2, 0) is 65.6 Å². The molecule has 0 saturated carbocycles. The maximum atomic E-state index is 15.7. The van der Waals surface area contributed by atoms with Crippen molar-refractivity contribution in [2.24, 2.45) is 5.73 Å². The molecule has 9 N–H and O–H groups in total. The number of methoxy groups -OCH3 is 1. The predicted molar refractivity (Wildman–Crippen MR) is 396 cm³/mol. The number of nitrogens with two attached hydrogens (primary N) is 1. The first kappa shape index (κ1) is 79.0. The quantitative estimate of drug-likeness (QED) is 0.0415. The zero-order valence-corrected chi connectivity index (χ0v) is 64.8. The number of hydrogen-bond acceptors (Lipinski definition) is 32. The van der Waals surface area contributed by atoms with Crippen molar-refractivity contribution in [3.8, 4) is 38.4 Å². The van der Waals surface area contributed by atoms with Crippen molar-refractivity contribution in [1.82, 2.24) is 75.9 Å². The Morgan fingerprint density at radius 1 is 0.800 bits per heavy atom. The van der Waals surface area contributed by atoms with E-state index in [4.69, 9.17) is 63.7 Å². The number of allylic oxidation sites excluding steroid dienone is 1. The molecule has 11 heterocycles. The number of carbonyl (C=O) groups is 10. The minimum Gasteiger partial charge on any atom is -0.499 e. The lowest BCUT2D eigenvalue weighted by Gasteiger charge is -2.48. The second-order valence-electron chi connectivity index (χ2n) is 26.4. The van der Waals surface area contributed by atoms with E-state index in [9.17, 15) is 39.0 Å². The molecule has 36 nitrogen and oxygen atoms in total. The van der Waals surface area contributed by atoms with E-state index < -0.39 is 158 Å². The zero-order valence-electron chi connectivity index (χ0n) is 60.7. The largest absolute Gasteiger partial charge is 0.499 e. The lowest BCUT2D eigenvalue weighted by atomic mass is 9.85. The van der Waals surface area contributed by atoms with E-state index in [1.165, 1.54) is 91.9 Å². The van der Waals surface area contributed by atoms with Gasteiger partial charge < -0.3 is 95.2 Å². The summed E-state index contributed by atoms with van der Waals surface area (Å²) in [5.74, 6) is -9.04. The summed E-state index contributed by atoms with van der Waals surface area (Å²) in [6, 6.07) is 0.799. The van der Waals surface area contributed by atoms with Crippen LogP contribution in [0.2, 0.25) is 0 Å². The summed E-state index contributed by atoms with van der Waals surface area (Å²) in [6.07, 6.45) is -7.76. The Morgan fingerprint density at radius 2 is 1.45 bits per heavy atom. The summed E-state index contributed by atoms with van der Waals surface area (Å²) in [7, 11) is 10.8. The highest BCUT2D eigenvalue weighted by atomic mass is 32.1. The standard InChI is InChI=1S/C69H74N16O20S5/c1-28(56(70)89)71-57(90)37-25-109-65(76-37)50-42(99-21-43(87)82(6)7)16-33-49(78-50)36-23-107-63(73-36)35-20-102-67(95)52-34-19-100-53(54(105-45-17-69(5,97)55(84(10)11)31(4)104-45)68(96)101-18-32-14-13-15-41(46(32)34)85(52)103-22-44(88)83(8)9)51(66-77-38(26-110-66)58(91)72-35)81-60(93)40-27-108-64(75-40)48(30(3)98-12)80-61(94)47(29(2)86)79-59(92)39-24-106-62(33)74-39/h13-16,23-27,29,31,35,45,47,51,53-55,86,97H,1,17-22H2,2-12H3,(H2,70,89)(H,71,90)(H,72,91)(H,79,92)(H,80,94)(H,81,93)/b48-30+/t29-,31+,35+,45+,47+,51+,53+,54+,55?,69+/m1/s1. The van der Waals surface area contributed by atoms with Crippen LogP contribution in [0.15, 0.2) is 69.2 Å². The molecule has 7 aromatic heterocycles. The fourth-order valence-corrected chi connectivity index (χ4v) is 16.6. The number of aliphatic hydroxyl groups excluding tert-OH is 1. The van der Waals surface area contributed by atoms with Crippen LogP contribution in [0.25, 0.3) is 49.3 Å². The second-order valence-corrected chi connectivity index (χ2v) is 30.8. The zero-order chi connectivity index (χ0) is 79.1. The Balaban J connectivity index is 1.08. The van der Waals surface area contributed by atoms with Gasteiger partial charge in [0.2, 0.25) is 5.91 Å². The highest BCUT2D eigenvalue weighted by molar-refractivity contribution is 7.14. The number of likely N-dealkylation sites (N-methyl/N-ethyl adjacent to an activating group) is 3. The van der Waals surface area contributed by atoms with Gasteiger partial charge in [-0.15, -0.1) is 56.7 Å². The van der Waals surface area contributed by atoms with Crippen molar-refractivity contribution in [1.29, 1.82) is 0 Å². The van der Waals surface area contributed by atoms with Crippen LogP contribution < -0.4 is 41.9 Å². The first-order valence-electron chi connectivity index (χ1n) is 33.6. The Hall–Kier alpha value is -10.6. The Labute approximate surface area is 645 Å². The van der Waals surface area contributed by atoms with E-state index >= 15 is 19.2 Å². The van der Waals surface area contributed by atoms with Gasteiger partial charge >= 0.3 is 11.9 Å². The third-order valence-corrected chi connectivity index (χ3v) is 22.4. The number of nitrogens with one attached hydrogen (secondary N) is 5. The molecule has 1 saturated heterocycles. The van der Waals surface area contributed by atoms with Crippen LogP contribution in [0, 0.1) is 0 Å². The molecule has 1 aromatic carbocycles. The second kappa shape index (κ2) is 32.5. The number of hydrogen-bond donors (Lipinski definition) is 8. The van der Waals surface area contributed by atoms with E-state index in [2.05, 4.69) is 43.1 Å². The molecule has 0 radical (unpaired) electrons. The van der Waals surface area contributed by atoms with E-state index in [1.807, 2.05) is 0 Å². The normalized spacial score (nSPS) is 22.5. The van der Waals surface area contributed by atoms with E-state index in [1.54, 1.807) is 51.0 Å². The van der Waals surface area contributed by atoms with Crippen molar-refractivity contribution in [2.45, 2.75) is 108 Å². The SMILES string of the molecule is C=C(NC(=O)c1csc(-c2nc3c(cc2OCC(=O)N(C)C)-c2nc(cs2)C(=O)N[C@@H]([C@@H](C)O)C(=O)N/C(=C(\C)OC)c2nc(cs2)C(=O)N[C@@H]2c4nc(cs4)C(=O)N[C@@H](COC(=O)c4c5c6c(cccc6n4OCC(=O)N(C)C)COC(=O)[C@@H](O[C@H]4C[C@](C)(O)C(N(C)C)[C@H](C)O4)[C@H]2OC5)c2nc-3cs2)n1)C(N)=O. The molecule has 12 bridgehead atoms. The number of ether oxygens (including phenoxy) is 7. The Morgan fingerprint density at radius 3 is 2.14 bits per heavy atom. The van der Waals surface area contributed by atoms with Crippen molar-refractivity contribution in [3.63, 3.8) is 0 Å². The average Bonchev–Trinajstić information content (AvgIpc) is 1.60. The van der Waals surface area contributed by atoms with Crippen LogP contribution in [0.4, 0.5) is 0 Å². The fourth-order valence-electron chi connectivity index (χ4n) is 12.5. The number of cyclic esters (lactones) is 2. The number of carbonyl (C=O) groups excluding carboxylic acids is 10. The van der Waals surface area contributed by atoms with Gasteiger partial charge in [0.1, 0.15) is 120 Å². The summed E-state index contributed by atoms with van der Waals surface area (Å²) in [4.78, 5) is 183. The van der Waals surface area contributed by atoms with Gasteiger partial charge in [0, 0.05) is 78.0 Å². The van der Waals surface area contributed by atoms with Gasteiger partial charge in [0.25, 0.3) is 41.4 Å². The molecule has 10 atom stereocenters. The Kier molecular flexibility index (Phi) is 23.4. The average molecular weight is 1610 g/mol. The Bertz CT molecular complexity index is 5030. The highest BCUT2D eigenvalue weighted by Gasteiger charge is 2.50. The van der Waals surface area contributed by atoms with Crippen LogP contribution >= 0.6 is 56.7 Å². The highest BCUT2D eigenvalue weighted by Crippen LogP contribution is 2.44. The maximum Gasteiger partial charge on any atom is 0.358 e. The van der Waals surface area contributed by atoms with Crippen molar-refractivity contribution in [3.05, 3.63) is 124 Å². The number of rotatable bonds is 15. The summed E-state index contributed by atoms with van der Waals surface area (Å²) >= 11 is 4.46. The van der Waals surface area contributed by atoms with Gasteiger partial charge in [0.05, 0.1) is 48.8 Å². The molecule has 0 aliphatic carbocycles. The minimum atomic E-state index is -1.96. The van der Waals surface area contributed by atoms with E-state index in [0.717, 1.165) is 61.4 Å². The maximum absolute atomic E-state index is 15.7. The summed E-state index contributed by atoms with van der Waals surface area (Å²) in [5.41, 5.74) is 2.32. The van der Waals surface area contributed by atoms with Crippen molar-refractivity contribution < 1.29 is 96.2 Å². The number of aliphatic hydroxyl groups is 2. The third kappa shape index (κ3) is 16.5. The van der Waals surface area contributed by atoms with Gasteiger partial charge in [-0.1, -0.05) is 18.7 Å². The molecule has 1 unspecified atom stereocenters. The molecule has 41 heteroatoms. The minimum absolute atomic E-state index is 0.0161. The molecule has 0 spiro atoms. The first-order chi connectivity index (χ1) is 52.3. The molecular weight excluding hydrogens is 1530 g/mol.